The third-order valence-electron chi connectivity index (χ3n) is 3.27. The van der Waals surface area contributed by atoms with Gasteiger partial charge in [-0.15, -0.1) is 22.7 Å². The highest BCUT2D eigenvalue weighted by Gasteiger charge is 2.22. The molecule has 3 heterocycles. The van der Waals surface area contributed by atoms with E-state index < -0.39 is 0 Å². The Labute approximate surface area is 130 Å². The maximum atomic E-state index is 12.7. The lowest BCUT2D eigenvalue weighted by molar-refractivity contribution is 0.0760. The zero-order valence-corrected chi connectivity index (χ0v) is 13.2. The van der Waals surface area contributed by atoms with Gasteiger partial charge in [0.2, 0.25) is 0 Å². The first kappa shape index (κ1) is 14.0. The molecule has 0 saturated heterocycles. The number of hydrogen-bond donors (Lipinski definition) is 1. The molecule has 0 aliphatic heterocycles. The van der Waals surface area contributed by atoms with Crippen LogP contribution in [0.1, 0.15) is 21.5 Å². The zero-order chi connectivity index (χ0) is 14.8. The number of pyridine rings is 1. The second-order valence-corrected chi connectivity index (χ2v) is 6.68. The highest BCUT2D eigenvalue weighted by atomic mass is 32.1. The van der Waals surface area contributed by atoms with E-state index in [4.69, 9.17) is 5.73 Å². The van der Waals surface area contributed by atoms with E-state index in [1.165, 1.54) is 16.2 Å². The second kappa shape index (κ2) is 5.83. The predicted octanol–water partition coefficient (Wildman–Crippen LogP) is 3.60. The van der Waals surface area contributed by atoms with E-state index in [0.29, 0.717) is 23.7 Å². The Hall–Kier alpha value is -1.92. The number of amides is 1. The van der Waals surface area contributed by atoms with Crippen molar-refractivity contribution >= 4 is 44.5 Å². The minimum absolute atomic E-state index is 0.0219. The molecule has 4 nitrogen and oxygen atoms in total. The number of hydrogen-bond acceptors (Lipinski definition) is 5. The van der Waals surface area contributed by atoms with Gasteiger partial charge >= 0.3 is 0 Å². The molecule has 0 radical (unpaired) electrons. The summed E-state index contributed by atoms with van der Waals surface area (Å²) in [6.07, 6.45) is 1.70. The van der Waals surface area contributed by atoms with Gasteiger partial charge < -0.3 is 10.6 Å². The molecule has 0 bridgehead atoms. The van der Waals surface area contributed by atoms with Crippen molar-refractivity contribution in [3.63, 3.8) is 0 Å². The molecule has 3 aromatic rings. The van der Waals surface area contributed by atoms with Gasteiger partial charge in [-0.3, -0.25) is 9.78 Å². The summed E-state index contributed by atoms with van der Waals surface area (Å²) in [6, 6.07) is 7.83. The summed E-state index contributed by atoms with van der Waals surface area (Å²) in [6.45, 7) is 3.25. The number of carbonyl (C=O) groups excluding carboxylic acids is 1. The van der Waals surface area contributed by atoms with Crippen LogP contribution in [0.2, 0.25) is 0 Å². The van der Waals surface area contributed by atoms with Gasteiger partial charge in [0.25, 0.3) is 5.91 Å². The minimum Gasteiger partial charge on any atom is -0.396 e. The Bertz CT molecular complexity index is 764. The van der Waals surface area contributed by atoms with Crippen molar-refractivity contribution in [1.82, 2.24) is 9.88 Å². The molecule has 0 atom stereocenters. The summed E-state index contributed by atoms with van der Waals surface area (Å²) in [5.41, 5.74) is 7.32. The van der Waals surface area contributed by atoms with Crippen molar-refractivity contribution in [3.8, 4) is 0 Å². The number of carbonyl (C=O) groups is 1. The van der Waals surface area contributed by atoms with Crippen LogP contribution >= 0.6 is 22.7 Å². The van der Waals surface area contributed by atoms with Gasteiger partial charge in [0.05, 0.1) is 16.9 Å². The number of thiophene rings is 2. The van der Waals surface area contributed by atoms with Gasteiger partial charge in [-0.2, -0.15) is 0 Å². The van der Waals surface area contributed by atoms with Gasteiger partial charge in [0.1, 0.15) is 10.4 Å². The number of aromatic nitrogens is 1. The second-order valence-electron chi connectivity index (χ2n) is 4.59. The monoisotopic (exact) mass is 317 g/mol. The topological polar surface area (TPSA) is 59.2 Å². The number of nitrogens with two attached hydrogens (primary N) is 1. The molecule has 0 unspecified atom stereocenters. The average molecular weight is 317 g/mol. The third-order valence-corrected chi connectivity index (χ3v) is 5.28. The molecule has 0 saturated carbocycles. The first-order valence-corrected chi connectivity index (χ1v) is 8.35. The van der Waals surface area contributed by atoms with E-state index in [1.807, 2.05) is 41.5 Å². The highest BCUT2D eigenvalue weighted by molar-refractivity contribution is 7.21. The Morgan fingerprint density at radius 1 is 1.38 bits per heavy atom. The minimum atomic E-state index is -0.0219. The number of nitrogens with zero attached hydrogens (tertiary/aromatic N) is 2. The molecule has 2 N–H and O–H groups in total. The molecule has 21 heavy (non-hydrogen) atoms. The fourth-order valence-corrected chi connectivity index (χ4v) is 3.94. The Balaban J connectivity index is 1.93. The van der Waals surface area contributed by atoms with Gasteiger partial charge in [-0.05, 0) is 30.5 Å². The van der Waals surface area contributed by atoms with Crippen LogP contribution in [0.15, 0.2) is 35.8 Å². The molecule has 1 amide bonds. The molecule has 3 aromatic heterocycles. The fourth-order valence-electron chi connectivity index (χ4n) is 2.17. The van der Waals surface area contributed by atoms with Crippen LogP contribution in [-0.2, 0) is 6.54 Å². The lowest BCUT2D eigenvalue weighted by Gasteiger charge is -2.19. The van der Waals surface area contributed by atoms with Crippen LogP contribution in [0.3, 0.4) is 0 Å². The molecule has 0 fully saturated rings. The van der Waals surface area contributed by atoms with Gasteiger partial charge in [-0.25, -0.2) is 0 Å². The lowest BCUT2D eigenvalue weighted by Crippen LogP contribution is -2.29. The van der Waals surface area contributed by atoms with E-state index in [2.05, 4.69) is 4.98 Å². The van der Waals surface area contributed by atoms with Crippen LogP contribution in [0, 0.1) is 0 Å². The molecule has 6 heteroatoms. The van der Waals surface area contributed by atoms with Crippen molar-refractivity contribution in [2.75, 3.05) is 12.3 Å². The van der Waals surface area contributed by atoms with Crippen molar-refractivity contribution in [1.29, 1.82) is 0 Å². The molecule has 3 rings (SSSR count). The number of rotatable bonds is 4. The van der Waals surface area contributed by atoms with Crippen LogP contribution in [-0.4, -0.2) is 22.3 Å². The maximum Gasteiger partial charge on any atom is 0.266 e. The standard InChI is InChI=1S/C15H15N3OS2/c1-2-18(9-10-5-4-8-20-10)15(19)14-12(16)13-11(21-14)6-3-7-17-13/h3-8H,2,9,16H2,1H3. The molecular weight excluding hydrogens is 302 g/mol. The third kappa shape index (κ3) is 2.64. The van der Waals surface area contributed by atoms with E-state index in [9.17, 15) is 4.79 Å². The quantitative estimate of drug-likeness (QED) is 0.800. The normalized spacial score (nSPS) is 10.9. The van der Waals surface area contributed by atoms with Crippen molar-refractivity contribution in [2.24, 2.45) is 0 Å². The van der Waals surface area contributed by atoms with E-state index in [0.717, 1.165) is 10.2 Å². The Kier molecular flexibility index (Phi) is 3.90. The van der Waals surface area contributed by atoms with Gasteiger partial charge in [0, 0.05) is 17.6 Å². The number of anilines is 1. The smallest absolute Gasteiger partial charge is 0.266 e. The largest absolute Gasteiger partial charge is 0.396 e. The molecule has 0 aliphatic carbocycles. The number of fused-ring (bicyclic) bond motifs is 1. The zero-order valence-electron chi connectivity index (χ0n) is 11.6. The number of nitrogen functional groups attached to an aromatic ring is 1. The Morgan fingerprint density at radius 2 is 2.24 bits per heavy atom. The summed E-state index contributed by atoms with van der Waals surface area (Å²) >= 11 is 3.07. The van der Waals surface area contributed by atoms with Crippen LogP contribution in [0.5, 0.6) is 0 Å². The molecule has 0 aliphatic rings. The van der Waals surface area contributed by atoms with Crippen LogP contribution in [0.25, 0.3) is 10.2 Å². The summed E-state index contributed by atoms with van der Waals surface area (Å²) in [7, 11) is 0. The molecular formula is C15H15N3OS2. The first-order valence-electron chi connectivity index (χ1n) is 6.65. The molecule has 0 aromatic carbocycles. The van der Waals surface area contributed by atoms with Crippen molar-refractivity contribution in [2.45, 2.75) is 13.5 Å². The van der Waals surface area contributed by atoms with Gasteiger partial charge in [0.15, 0.2) is 0 Å². The molecule has 0 spiro atoms. The maximum absolute atomic E-state index is 12.7. The molecule has 108 valence electrons. The summed E-state index contributed by atoms with van der Waals surface area (Å²) in [4.78, 5) is 20.6. The van der Waals surface area contributed by atoms with Gasteiger partial charge in [-0.1, -0.05) is 6.07 Å². The van der Waals surface area contributed by atoms with Crippen molar-refractivity contribution < 1.29 is 4.79 Å². The van der Waals surface area contributed by atoms with E-state index in [-0.39, 0.29) is 5.91 Å². The van der Waals surface area contributed by atoms with Crippen LogP contribution in [0.4, 0.5) is 5.69 Å². The predicted molar refractivity (Wildman–Crippen MR) is 88.8 cm³/mol. The van der Waals surface area contributed by atoms with Crippen molar-refractivity contribution in [3.05, 3.63) is 45.6 Å². The SMILES string of the molecule is CCN(Cc1cccs1)C(=O)c1sc2cccnc2c1N. The lowest BCUT2D eigenvalue weighted by atomic mass is 10.3. The summed E-state index contributed by atoms with van der Waals surface area (Å²) < 4.78 is 0.950. The van der Waals surface area contributed by atoms with E-state index in [1.54, 1.807) is 17.5 Å². The average Bonchev–Trinajstić information content (AvgIpc) is 3.13. The fraction of sp³-hybridized carbons (Fsp3) is 0.200. The summed E-state index contributed by atoms with van der Waals surface area (Å²) in [5.74, 6) is -0.0219. The Morgan fingerprint density at radius 3 is 2.90 bits per heavy atom. The van der Waals surface area contributed by atoms with Crippen LogP contribution < -0.4 is 5.73 Å². The highest BCUT2D eigenvalue weighted by Crippen LogP contribution is 2.33. The van der Waals surface area contributed by atoms with E-state index >= 15 is 0 Å². The summed E-state index contributed by atoms with van der Waals surface area (Å²) in [5, 5.41) is 2.02. The first-order chi connectivity index (χ1) is 10.2.